The Morgan fingerprint density at radius 2 is 2.25 bits per heavy atom. The van der Waals surface area contributed by atoms with E-state index in [1.807, 2.05) is 0 Å². The molecule has 5 heteroatoms. The highest BCUT2D eigenvalue weighted by Crippen LogP contribution is 2.53. The smallest absolute Gasteiger partial charge is 0.301 e. The number of halogens is 2. The zero-order valence-corrected chi connectivity index (χ0v) is 6.11. The number of carbonyl (C=O) groups is 1. The van der Waals surface area contributed by atoms with E-state index < -0.39 is 30.2 Å². The maximum atomic E-state index is 12.9. The average molecular weight is 178 g/mol. The van der Waals surface area contributed by atoms with Crippen LogP contribution < -0.4 is 0 Å². The molecule has 1 N–H and O–H groups in total. The molecule has 0 aromatic carbocycles. The summed E-state index contributed by atoms with van der Waals surface area (Å²) in [4.78, 5) is 10.1. The van der Waals surface area contributed by atoms with Crippen molar-refractivity contribution in [3.63, 3.8) is 0 Å². The van der Waals surface area contributed by atoms with Gasteiger partial charge >= 0.3 is 5.92 Å². The van der Waals surface area contributed by atoms with Gasteiger partial charge in [0.25, 0.3) is 0 Å². The van der Waals surface area contributed by atoms with Crippen molar-refractivity contribution in [2.45, 2.75) is 30.7 Å². The van der Waals surface area contributed by atoms with E-state index in [1.165, 1.54) is 0 Å². The van der Waals surface area contributed by atoms with Crippen LogP contribution in [0.15, 0.2) is 0 Å². The van der Waals surface area contributed by atoms with E-state index in [1.54, 1.807) is 0 Å². The predicted molar refractivity (Wildman–Crippen MR) is 33.8 cm³/mol. The van der Waals surface area contributed by atoms with Crippen molar-refractivity contribution < 1.29 is 23.4 Å². The van der Waals surface area contributed by atoms with Gasteiger partial charge in [-0.15, -0.1) is 0 Å². The summed E-state index contributed by atoms with van der Waals surface area (Å²) in [5.41, 5.74) is 0. The van der Waals surface area contributed by atoms with Gasteiger partial charge in [-0.25, -0.2) is 8.78 Å². The Bertz CT molecular complexity index is 219. The lowest BCUT2D eigenvalue weighted by atomic mass is 10.0. The minimum Gasteiger partial charge on any atom is -0.386 e. The van der Waals surface area contributed by atoms with Crippen LogP contribution in [0, 0.1) is 5.92 Å². The number of ether oxygens (including phenoxy) is 1. The minimum absolute atomic E-state index is 0.0576. The SMILES string of the molecule is O=CC[C@@H]1[C@H]2O[C@H]2C(F)(F)[C@H]1O. The number of hydrogen-bond donors (Lipinski definition) is 1. The molecule has 2 fully saturated rings. The van der Waals surface area contributed by atoms with Crippen LogP contribution in [0.3, 0.4) is 0 Å². The number of aliphatic hydroxyl groups is 1. The molecule has 0 spiro atoms. The number of epoxide rings is 1. The molecule has 3 nitrogen and oxygen atoms in total. The van der Waals surface area contributed by atoms with Gasteiger partial charge in [-0.2, -0.15) is 0 Å². The summed E-state index contributed by atoms with van der Waals surface area (Å²) in [6.45, 7) is 0. The topological polar surface area (TPSA) is 49.8 Å². The monoisotopic (exact) mass is 178 g/mol. The van der Waals surface area contributed by atoms with Gasteiger partial charge in [0.1, 0.15) is 12.4 Å². The van der Waals surface area contributed by atoms with E-state index in [0.29, 0.717) is 6.29 Å². The summed E-state index contributed by atoms with van der Waals surface area (Å²) in [7, 11) is 0. The van der Waals surface area contributed by atoms with E-state index in [0.717, 1.165) is 0 Å². The Morgan fingerprint density at radius 3 is 2.67 bits per heavy atom. The van der Waals surface area contributed by atoms with Crippen molar-refractivity contribution in [2.24, 2.45) is 5.92 Å². The molecule has 0 bridgehead atoms. The second kappa shape index (κ2) is 2.23. The van der Waals surface area contributed by atoms with Crippen LogP contribution in [0.5, 0.6) is 0 Å². The van der Waals surface area contributed by atoms with Crippen molar-refractivity contribution in [1.82, 2.24) is 0 Å². The van der Waals surface area contributed by atoms with Crippen LogP contribution in [0.4, 0.5) is 8.78 Å². The molecule has 1 heterocycles. The maximum absolute atomic E-state index is 12.9. The third-order valence-electron chi connectivity index (χ3n) is 2.50. The molecule has 1 aliphatic carbocycles. The summed E-state index contributed by atoms with van der Waals surface area (Å²) in [5.74, 6) is -3.89. The fourth-order valence-electron chi connectivity index (χ4n) is 1.77. The predicted octanol–water partition coefficient (Wildman–Crippen LogP) is -0.0312. The first-order chi connectivity index (χ1) is 5.59. The lowest BCUT2D eigenvalue weighted by Crippen LogP contribution is -2.38. The molecule has 1 saturated heterocycles. The Balaban J connectivity index is 2.14. The van der Waals surface area contributed by atoms with Crippen LogP contribution in [0.2, 0.25) is 0 Å². The Hall–Kier alpha value is -0.550. The highest BCUT2D eigenvalue weighted by atomic mass is 19.3. The number of aliphatic hydroxyl groups excluding tert-OH is 1. The molecular formula is C7H8F2O3. The molecular weight excluding hydrogens is 170 g/mol. The van der Waals surface area contributed by atoms with Crippen molar-refractivity contribution in [3.8, 4) is 0 Å². The fourth-order valence-corrected chi connectivity index (χ4v) is 1.77. The van der Waals surface area contributed by atoms with E-state index in [-0.39, 0.29) is 6.42 Å². The number of rotatable bonds is 2. The van der Waals surface area contributed by atoms with Crippen LogP contribution in [-0.2, 0) is 9.53 Å². The van der Waals surface area contributed by atoms with E-state index in [2.05, 4.69) is 4.74 Å². The van der Waals surface area contributed by atoms with Gasteiger partial charge < -0.3 is 14.6 Å². The first kappa shape index (κ1) is 8.07. The largest absolute Gasteiger partial charge is 0.386 e. The molecule has 2 rings (SSSR count). The van der Waals surface area contributed by atoms with E-state index in [9.17, 15) is 13.6 Å². The molecule has 0 radical (unpaired) electrons. The lowest BCUT2D eigenvalue weighted by molar-refractivity contribution is -0.141. The van der Waals surface area contributed by atoms with Crippen LogP contribution in [-0.4, -0.2) is 35.6 Å². The zero-order valence-electron chi connectivity index (χ0n) is 6.11. The van der Waals surface area contributed by atoms with Gasteiger partial charge in [-0.05, 0) is 0 Å². The molecule has 1 saturated carbocycles. The van der Waals surface area contributed by atoms with Crippen LogP contribution in [0.25, 0.3) is 0 Å². The Labute approximate surface area is 67.3 Å². The first-order valence-electron chi connectivity index (χ1n) is 3.74. The lowest BCUT2D eigenvalue weighted by Gasteiger charge is -2.20. The molecule has 4 atom stereocenters. The van der Waals surface area contributed by atoms with Crippen molar-refractivity contribution >= 4 is 6.29 Å². The van der Waals surface area contributed by atoms with Crippen LogP contribution >= 0.6 is 0 Å². The fraction of sp³-hybridized carbons (Fsp3) is 0.857. The number of hydrogen-bond acceptors (Lipinski definition) is 3. The first-order valence-corrected chi connectivity index (χ1v) is 3.74. The van der Waals surface area contributed by atoms with E-state index >= 15 is 0 Å². The highest BCUT2D eigenvalue weighted by Gasteiger charge is 2.72. The van der Waals surface area contributed by atoms with Crippen molar-refractivity contribution in [1.29, 1.82) is 0 Å². The number of fused-ring (bicyclic) bond motifs is 1. The van der Waals surface area contributed by atoms with Gasteiger partial charge in [-0.3, -0.25) is 0 Å². The number of aldehydes is 1. The second-order valence-electron chi connectivity index (χ2n) is 3.21. The number of carbonyl (C=O) groups excluding carboxylic acids is 1. The van der Waals surface area contributed by atoms with Gasteiger partial charge in [-0.1, -0.05) is 0 Å². The minimum atomic E-state index is -3.17. The van der Waals surface area contributed by atoms with Gasteiger partial charge in [0.15, 0.2) is 6.10 Å². The summed E-state index contributed by atoms with van der Waals surface area (Å²) in [6.07, 6.45) is -3.00. The van der Waals surface area contributed by atoms with Gasteiger partial charge in [0, 0.05) is 12.3 Å². The maximum Gasteiger partial charge on any atom is 0.301 e. The number of alkyl halides is 2. The standard InChI is InChI=1S/C7H8F2O3/c8-7(9)5(11)3(1-2-10)4-6(7)12-4/h2-6,11H,1H2/t3-,4-,5+,6-/m1/s1. The quantitative estimate of drug-likeness (QED) is 0.477. The Kier molecular flexibility index (Phi) is 1.50. The summed E-state index contributed by atoms with van der Waals surface area (Å²) < 4.78 is 30.3. The highest BCUT2D eigenvalue weighted by molar-refractivity contribution is 5.51. The van der Waals surface area contributed by atoms with Gasteiger partial charge in [0.2, 0.25) is 0 Å². The van der Waals surface area contributed by atoms with Crippen molar-refractivity contribution in [2.75, 3.05) is 0 Å². The average Bonchev–Trinajstić information content (AvgIpc) is 2.74. The molecule has 0 unspecified atom stereocenters. The molecule has 0 amide bonds. The van der Waals surface area contributed by atoms with Gasteiger partial charge in [0.05, 0.1) is 6.10 Å². The summed E-state index contributed by atoms with van der Waals surface area (Å²) in [5, 5.41) is 9.06. The normalized spacial score (nSPS) is 48.6. The molecule has 0 aromatic heterocycles. The molecule has 68 valence electrons. The third kappa shape index (κ3) is 0.834. The Morgan fingerprint density at radius 1 is 1.58 bits per heavy atom. The van der Waals surface area contributed by atoms with Crippen molar-refractivity contribution in [3.05, 3.63) is 0 Å². The third-order valence-corrected chi connectivity index (χ3v) is 2.50. The zero-order chi connectivity index (χ0) is 8.93. The molecule has 0 aromatic rings. The molecule has 1 aliphatic heterocycles. The molecule has 12 heavy (non-hydrogen) atoms. The van der Waals surface area contributed by atoms with Crippen LogP contribution in [0.1, 0.15) is 6.42 Å². The summed E-state index contributed by atoms with van der Waals surface area (Å²) >= 11 is 0. The molecule has 2 aliphatic rings. The summed E-state index contributed by atoms with van der Waals surface area (Å²) in [6, 6.07) is 0. The van der Waals surface area contributed by atoms with E-state index in [4.69, 9.17) is 5.11 Å². The second-order valence-corrected chi connectivity index (χ2v) is 3.21.